The number of carbonyl (C=O) groups excluding carboxylic acids is 1. The van der Waals surface area contributed by atoms with Crippen molar-refractivity contribution >= 4 is 5.91 Å². The van der Waals surface area contributed by atoms with Crippen molar-refractivity contribution in [3.05, 3.63) is 71.3 Å². The predicted octanol–water partition coefficient (Wildman–Crippen LogP) is 3.21. The molecule has 1 aliphatic rings. The minimum absolute atomic E-state index is 0.110. The van der Waals surface area contributed by atoms with Crippen LogP contribution in [0.5, 0.6) is 0 Å². The van der Waals surface area contributed by atoms with Gasteiger partial charge in [-0.2, -0.15) is 0 Å². The van der Waals surface area contributed by atoms with E-state index in [4.69, 9.17) is 4.74 Å². The van der Waals surface area contributed by atoms with Crippen LogP contribution in [0.4, 0.5) is 8.78 Å². The Kier molecular flexibility index (Phi) is 4.67. The minimum atomic E-state index is -0.454. The lowest BCUT2D eigenvalue weighted by Gasteiger charge is -2.21. The lowest BCUT2D eigenvalue weighted by Crippen LogP contribution is -2.34. The van der Waals surface area contributed by atoms with E-state index >= 15 is 0 Å². The number of hydrogen-bond acceptors (Lipinski definition) is 2. The molecule has 0 saturated carbocycles. The summed E-state index contributed by atoms with van der Waals surface area (Å²) in [6.45, 7) is 0.987. The Morgan fingerprint density at radius 1 is 1.00 bits per heavy atom. The van der Waals surface area contributed by atoms with E-state index in [-0.39, 0.29) is 23.5 Å². The third kappa shape index (κ3) is 3.74. The van der Waals surface area contributed by atoms with Crippen LogP contribution < -0.4 is 5.32 Å². The maximum absolute atomic E-state index is 13.2. The normalized spacial score (nSPS) is 17.4. The van der Waals surface area contributed by atoms with Gasteiger partial charge in [-0.25, -0.2) is 8.78 Å². The lowest BCUT2D eigenvalue weighted by atomic mass is 9.97. The maximum Gasteiger partial charge on any atom is 0.226 e. The van der Waals surface area contributed by atoms with Gasteiger partial charge in [0.25, 0.3) is 0 Å². The Bertz CT molecular complexity index is 619. The monoisotopic (exact) mass is 317 g/mol. The SMILES string of the molecule is O=C(NC(c1ccc(F)cc1)c1ccc(F)cc1)C1CCOC1. The highest BCUT2D eigenvalue weighted by Crippen LogP contribution is 2.24. The smallest absolute Gasteiger partial charge is 0.226 e. The van der Waals surface area contributed by atoms with E-state index in [0.717, 1.165) is 11.1 Å². The van der Waals surface area contributed by atoms with Crippen LogP contribution in [0.3, 0.4) is 0 Å². The van der Waals surface area contributed by atoms with Crippen LogP contribution in [0.15, 0.2) is 48.5 Å². The first-order valence-electron chi connectivity index (χ1n) is 7.52. The molecule has 1 fully saturated rings. The van der Waals surface area contributed by atoms with Gasteiger partial charge in [0.2, 0.25) is 5.91 Å². The molecule has 1 unspecified atom stereocenters. The summed E-state index contributed by atoms with van der Waals surface area (Å²) in [5, 5.41) is 2.97. The molecule has 1 aliphatic heterocycles. The van der Waals surface area contributed by atoms with Crippen molar-refractivity contribution in [2.45, 2.75) is 12.5 Å². The molecule has 1 amide bonds. The van der Waals surface area contributed by atoms with E-state index < -0.39 is 6.04 Å². The van der Waals surface area contributed by atoms with Crippen molar-refractivity contribution in [1.29, 1.82) is 0 Å². The number of amides is 1. The van der Waals surface area contributed by atoms with Crippen molar-refractivity contribution < 1.29 is 18.3 Å². The number of rotatable bonds is 4. The van der Waals surface area contributed by atoms with Gasteiger partial charge in [-0.3, -0.25) is 4.79 Å². The summed E-state index contributed by atoms with van der Waals surface area (Å²) in [5.74, 6) is -0.983. The zero-order chi connectivity index (χ0) is 16.2. The van der Waals surface area contributed by atoms with Crippen molar-refractivity contribution in [2.24, 2.45) is 5.92 Å². The molecule has 2 aromatic carbocycles. The second kappa shape index (κ2) is 6.87. The molecular weight excluding hydrogens is 300 g/mol. The molecule has 1 N–H and O–H groups in total. The summed E-state index contributed by atoms with van der Waals surface area (Å²) >= 11 is 0. The van der Waals surface area contributed by atoms with Gasteiger partial charge in [-0.1, -0.05) is 24.3 Å². The van der Waals surface area contributed by atoms with Gasteiger partial charge in [-0.05, 0) is 41.8 Å². The molecule has 0 aliphatic carbocycles. The second-order valence-corrected chi connectivity index (χ2v) is 5.61. The van der Waals surface area contributed by atoms with E-state index in [1.807, 2.05) is 0 Å². The average Bonchev–Trinajstić information content (AvgIpc) is 3.09. The number of hydrogen-bond donors (Lipinski definition) is 1. The van der Waals surface area contributed by atoms with Gasteiger partial charge in [0.15, 0.2) is 0 Å². The third-order valence-corrected chi connectivity index (χ3v) is 3.99. The van der Waals surface area contributed by atoms with Crippen LogP contribution >= 0.6 is 0 Å². The van der Waals surface area contributed by atoms with E-state index in [2.05, 4.69) is 5.32 Å². The number of nitrogens with one attached hydrogen (secondary N) is 1. The molecule has 1 heterocycles. The van der Waals surface area contributed by atoms with Crippen molar-refractivity contribution in [2.75, 3.05) is 13.2 Å². The lowest BCUT2D eigenvalue weighted by molar-refractivity contribution is -0.125. The second-order valence-electron chi connectivity index (χ2n) is 5.61. The first kappa shape index (κ1) is 15.6. The molecule has 0 aromatic heterocycles. The minimum Gasteiger partial charge on any atom is -0.381 e. The number of benzene rings is 2. The highest BCUT2D eigenvalue weighted by molar-refractivity contribution is 5.80. The fourth-order valence-corrected chi connectivity index (χ4v) is 2.67. The van der Waals surface area contributed by atoms with Crippen LogP contribution in [0.1, 0.15) is 23.6 Å². The zero-order valence-electron chi connectivity index (χ0n) is 12.5. The fourth-order valence-electron chi connectivity index (χ4n) is 2.67. The molecule has 3 nitrogen and oxygen atoms in total. The Labute approximate surface area is 133 Å². The highest BCUT2D eigenvalue weighted by atomic mass is 19.1. The molecule has 0 radical (unpaired) electrons. The number of ether oxygens (including phenoxy) is 1. The van der Waals surface area contributed by atoms with Gasteiger partial charge < -0.3 is 10.1 Å². The maximum atomic E-state index is 13.2. The Morgan fingerprint density at radius 2 is 1.52 bits per heavy atom. The first-order chi connectivity index (χ1) is 11.1. The predicted molar refractivity (Wildman–Crippen MR) is 81.7 cm³/mol. The Balaban J connectivity index is 1.87. The summed E-state index contributed by atoms with van der Waals surface area (Å²) in [6, 6.07) is 11.4. The quantitative estimate of drug-likeness (QED) is 0.940. The third-order valence-electron chi connectivity index (χ3n) is 3.99. The molecule has 2 aromatic rings. The van der Waals surface area contributed by atoms with E-state index in [9.17, 15) is 13.6 Å². The van der Waals surface area contributed by atoms with Crippen LogP contribution in [-0.4, -0.2) is 19.1 Å². The summed E-state index contributed by atoms with van der Waals surface area (Å²) in [6.07, 6.45) is 0.686. The van der Waals surface area contributed by atoms with Gasteiger partial charge in [0.05, 0.1) is 18.6 Å². The molecule has 0 spiro atoms. The van der Waals surface area contributed by atoms with Crippen LogP contribution in [0, 0.1) is 17.6 Å². The topological polar surface area (TPSA) is 38.3 Å². The summed E-state index contributed by atoms with van der Waals surface area (Å²) in [4.78, 5) is 12.4. The van der Waals surface area contributed by atoms with Crippen molar-refractivity contribution in [3.8, 4) is 0 Å². The molecular formula is C18H17F2NO2. The van der Waals surface area contributed by atoms with Gasteiger partial charge in [-0.15, -0.1) is 0 Å². The number of carbonyl (C=O) groups is 1. The van der Waals surface area contributed by atoms with Gasteiger partial charge >= 0.3 is 0 Å². The van der Waals surface area contributed by atoms with Gasteiger partial charge in [0.1, 0.15) is 11.6 Å². The molecule has 23 heavy (non-hydrogen) atoms. The Morgan fingerprint density at radius 3 is 1.96 bits per heavy atom. The van der Waals surface area contributed by atoms with Crippen molar-refractivity contribution in [1.82, 2.24) is 5.32 Å². The van der Waals surface area contributed by atoms with E-state index in [0.29, 0.717) is 19.6 Å². The summed E-state index contributed by atoms with van der Waals surface area (Å²) in [5.41, 5.74) is 1.48. The summed E-state index contributed by atoms with van der Waals surface area (Å²) in [7, 11) is 0. The number of halogens is 2. The summed E-state index contributed by atoms with van der Waals surface area (Å²) < 4.78 is 31.6. The van der Waals surface area contributed by atoms with Crippen molar-refractivity contribution in [3.63, 3.8) is 0 Å². The molecule has 1 atom stereocenters. The molecule has 1 saturated heterocycles. The standard InChI is InChI=1S/C18H17F2NO2/c19-15-5-1-12(2-6-15)17(13-3-7-16(20)8-4-13)21-18(22)14-9-10-23-11-14/h1-8,14,17H,9-11H2,(H,21,22). The average molecular weight is 317 g/mol. The molecule has 0 bridgehead atoms. The van der Waals surface area contributed by atoms with Crippen LogP contribution in [-0.2, 0) is 9.53 Å². The first-order valence-corrected chi connectivity index (χ1v) is 7.52. The van der Waals surface area contributed by atoms with Gasteiger partial charge in [0, 0.05) is 6.61 Å². The zero-order valence-corrected chi connectivity index (χ0v) is 12.5. The largest absolute Gasteiger partial charge is 0.381 e. The van der Waals surface area contributed by atoms with E-state index in [1.165, 1.54) is 24.3 Å². The van der Waals surface area contributed by atoms with Crippen LogP contribution in [0.2, 0.25) is 0 Å². The Hall–Kier alpha value is -2.27. The highest BCUT2D eigenvalue weighted by Gasteiger charge is 2.26. The molecule has 120 valence electrons. The molecule has 3 rings (SSSR count). The van der Waals surface area contributed by atoms with E-state index in [1.54, 1.807) is 24.3 Å². The fraction of sp³-hybridized carbons (Fsp3) is 0.278. The molecule has 5 heteroatoms. The van der Waals surface area contributed by atoms with Crippen LogP contribution in [0.25, 0.3) is 0 Å².